The number of amides is 1. The van der Waals surface area contributed by atoms with Crippen LogP contribution in [0.2, 0.25) is 0 Å². The number of alkyl halides is 6. The lowest BCUT2D eigenvalue weighted by molar-refractivity contribution is -0.277. The van der Waals surface area contributed by atoms with Gasteiger partial charge in [0.15, 0.2) is 5.69 Å². The van der Waals surface area contributed by atoms with E-state index in [0.717, 1.165) is 4.90 Å². The van der Waals surface area contributed by atoms with Gasteiger partial charge in [-0.05, 0) is 25.3 Å². The highest BCUT2D eigenvalue weighted by molar-refractivity contribution is 5.95. The Morgan fingerprint density at radius 1 is 1.13 bits per heavy atom. The van der Waals surface area contributed by atoms with Crippen molar-refractivity contribution >= 4 is 11.6 Å². The number of aliphatic hydroxyl groups is 1. The number of nitrogen functional groups attached to an aromatic ring is 1. The van der Waals surface area contributed by atoms with E-state index in [0.29, 0.717) is 6.07 Å². The number of rotatable bonds is 0. The highest BCUT2D eigenvalue weighted by Gasteiger charge is 2.58. The zero-order chi connectivity index (χ0) is 23.2. The first-order valence-corrected chi connectivity index (χ1v) is 9.02. The third-order valence-corrected chi connectivity index (χ3v) is 4.89. The molecule has 2 aromatic heterocycles. The van der Waals surface area contributed by atoms with Crippen LogP contribution in [0.3, 0.4) is 0 Å². The smallest absolute Gasteiger partial charge is 0.416 e. The van der Waals surface area contributed by atoms with E-state index < -0.39 is 64.7 Å². The number of pyridine rings is 1. The molecule has 1 aliphatic rings. The van der Waals surface area contributed by atoms with Crippen molar-refractivity contribution in [2.24, 2.45) is 0 Å². The van der Waals surface area contributed by atoms with Gasteiger partial charge in [-0.1, -0.05) is 6.42 Å². The molecule has 0 saturated heterocycles. The van der Waals surface area contributed by atoms with Gasteiger partial charge in [-0.25, -0.2) is 4.98 Å². The fourth-order valence-electron chi connectivity index (χ4n) is 3.12. The van der Waals surface area contributed by atoms with Crippen molar-refractivity contribution in [3.05, 3.63) is 23.2 Å². The quantitative estimate of drug-likeness (QED) is 0.589. The summed E-state index contributed by atoms with van der Waals surface area (Å²) in [6.45, 7) is -0.0413. The van der Waals surface area contributed by atoms with E-state index >= 15 is 0 Å². The molecule has 0 radical (unpaired) electrons. The summed E-state index contributed by atoms with van der Waals surface area (Å²) in [6, 6.07) is 0.426. The fourth-order valence-corrected chi connectivity index (χ4v) is 3.12. The number of carbonyl (C=O) groups is 1. The number of fused-ring (bicyclic) bond motifs is 5. The number of nitrogens with two attached hydrogens (primary N) is 1. The molecule has 0 unspecified atom stereocenters. The van der Waals surface area contributed by atoms with Crippen molar-refractivity contribution in [2.45, 2.75) is 43.6 Å². The molecule has 31 heavy (non-hydrogen) atoms. The Labute approximate surface area is 171 Å². The van der Waals surface area contributed by atoms with E-state index in [1.54, 1.807) is 0 Å². The third kappa shape index (κ3) is 4.16. The minimum atomic E-state index is -5.16. The van der Waals surface area contributed by atoms with Crippen LogP contribution < -0.4 is 5.73 Å². The van der Waals surface area contributed by atoms with Gasteiger partial charge in [0.1, 0.15) is 5.69 Å². The van der Waals surface area contributed by atoms with Gasteiger partial charge in [0, 0.05) is 13.6 Å². The number of hydrogen-bond donors (Lipinski definition) is 2. The minimum Gasteiger partial charge on any atom is -0.416 e. The molecule has 2 aromatic rings. The summed E-state index contributed by atoms with van der Waals surface area (Å²) < 4.78 is 86.0. The average molecular weight is 453 g/mol. The lowest BCUT2D eigenvalue weighted by atomic mass is 9.95. The average Bonchev–Trinajstić information content (AvgIpc) is 3.14. The molecule has 170 valence electrons. The molecule has 1 atom stereocenters. The lowest BCUT2D eigenvalue weighted by Crippen LogP contribution is -2.42. The number of anilines is 1. The van der Waals surface area contributed by atoms with Gasteiger partial charge in [-0.2, -0.15) is 26.3 Å². The molecule has 0 aliphatic carbocycles. The maximum Gasteiger partial charge on any atom is 0.426 e. The second-order valence-corrected chi connectivity index (χ2v) is 7.13. The Bertz CT molecular complexity index is 990. The van der Waals surface area contributed by atoms with Crippen molar-refractivity contribution in [2.75, 3.05) is 19.3 Å². The highest BCUT2D eigenvalue weighted by atomic mass is 19.4. The molecule has 1 aliphatic heterocycles. The van der Waals surface area contributed by atoms with Gasteiger partial charge < -0.3 is 20.2 Å². The third-order valence-electron chi connectivity index (χ3n) is 4.89. The summed E-state index contributed by atoms with van der Waals surface area (Å²) in [5.74, 6) is -3.02. The molecule has 3 rings (SSSR count). The molecule has 0 saturated carbocycles. The van der Waals surface area contributed by atoms with Gasteiger partial charge in [-0.15, -0.1) is 10.2 Å². The number of hydrogen-bond acceptors (Lipinski definition) is 7. The van der Waals surface area contributed by atoms with Crippen LogP contribution in [0.4, 0.5) is 32.0 Å². The molecule has 3 heterocycles. The van der Waals surface area contributed by atoms with Crippen LogP contribution in [0.25, 0.3) is 11.6 Å². The van der Waals surface area contributed by atoms with Gasteiger partial charge in [0.25, 0.3) is 17.7 Å². The molecule has 8 nitrogen and oxygen atoms in total. The van der Waals surface area contributed by atoms with Crippen LogP contribution >= 0.6 is 0 Å². The normalized spacial score (nSPS) is 21.2. The van der Waals surface area contributed by atoms with Crippen LogP contribution in [0.15, 0.2) is 10.5 Å². The summed E-state index contributed by atoms with van der Waals surface area (Å²) in [5.41, 5.74) is -1.54. The van der Waals surface area contributed by atoms with Crippen molar-refractivity contribution in [1.82, 2.24) is 20.1 Å². The highest BCUT2D eigenvalue weighted by Crippen LogP contribution is 2.43. The molecule has 3 N–H and O–H groups in total. The van der Waals surface area contributed by atoms with Crippen molar-refractivity contribution in [3.8, 4) is 11.6 Å². The van der Waals surface area contributed by atoms with Gasteiger partial charge in [0.2, 0.25) is 5.60 Å². The molecule has 0 aromatic carbocycles. The van der Waals surface area contributed by atoms with E-state index in [1.807, 2.05) is 0 Å². The number of carbonyl (C=O) groups excluding carboxylic acids is 1. The Morgan fingerprint density at radius 2 is 1.81 bits per heavy atom. The summed E-state index contributed by atoms with van der Waals surface area (Å²) in [7, 11) is 1.24. The zero-order valence-corrected chi connectivity index (χ0v) is 16.0. The summed E-state index contributed by atoms with van der Waals surface area (Å²) in [6.07, 6.45) is -10.7. The number of halogens is 6. The van der Waals surface area contributed by atoms with Crippen LogP contribution in [-0.4, -0.2) is 50.9 Å². The fraction of sp³-hybridized carbons (Fsp3) is 0.529. The van der Waals surface area contributed by atoms with E-state index in [1.165, 1.54) is 7.05 Å². The maximum absolute atomic E-state index is 13.6. The molecule has 14 heteroatoms. The zero-order valence-electron chi connectivity index (χ0n) is 16.0. The van der Waals surface area contributed by atoms with Crippen molar-refractivity contribution < 1.29 is 40.7 Å². The van der Waals surface area contributed by atoms with Crippen LogP contribution in [0.5, 0.6) is 0 Å². The number of nitrogens with zero attached hydrogens (tertiary/aromatic N) is 4. The van der Waals surface area contributed by atoms with E-state index in [4.69, 9.17) is 10.2 Å². The monoisotopic (exact) mass is 453 g/mol. The molecule has 1 amide bonds. The van der Waals surface area contributed by atoms with Crippen LogP contribution in [-0.2, 0) is 11.8 Å². The first-order valence-electron chi connectivity index (χ1n) is 9.02. The predicted molar refractivity (Wildman–Crippen MR) is 92.3 cm³/mol. The van der Waals surface area contributed by atoms with Gasteiger partial charge in [-0.3, -0.25) is 4.79 Å². The largest absolute Gasteiger partial charge is 0.426 e. The van der Waals surface area contributed by atoms with Crippen LogP contribution in [0.1, 0.15) is 47.6 Å². The SMILES string of the molecule is CN1CCCCC[C@](O)(C(F)(F)F)c2nnc(o2)-c2nc(c(C(F)(F)F)cc2N)C1=O. The van der Waals surface area contributed by atoms with Crippen molar-refractivity contribution in [1.29, 1.82) is 0 Å². The van der Waals surface area contributed by atoms with Crippen molar-refractivity contribution in [3.63, 3.8) is 0 Å². The Balaban J connectivity index is 2.23. The summed E-state index contributed by atoms with van der Waals surface area (Å²) in [4.78, 5) is 17.2. The first-order chi connectivity index (χ1) is 14.3. The Morgan fingerprint density at radius 3 is 2.42 bits per heavy atom. The minimum absolute atomic E-state index is 0.0413. The standard InChI is InChI=1S/C17H17F6N5O3/c1-28-6-4-2-3-5-15(30,17(21,22)23)14-27-26-12(31-14)11-9(24)7-8(16(18,19)20)10(25-11)13(28)29/h7,30H,2-6,24H2,1H3/t15-/m1/s1. The maximum atomic E-state index is 13.6. The molecule has 4 bridgehead atoms. The Hall–Kier alpha value is -2.90. The summed E-state index contributed by atoms with van der Waals surface area (Å²) >= 11 is 0. The topological polar surface area (TPSA) is 118 Å². The van der Waals surface area contributed by atoms with Crippen LogP contribution in [0, 0.1) is 0 Å². The molecule has 0 spiro atoms. The number of aromatic nitrogens is 3. The van der Waals surface area contributed by atoms with E-state index in [2.05, 4.69) is 15.2 Å². The van der Waals surface area contributed by atoms with Gasteiger partial charge in [0.05, 0.1) is 11.3 Å². The molecular weight excluding hydrogens is 436 g/mol. The predicted octanol–water partition coefficient (Wildman–Crippen LogP) is 3.13. The summed E-state index contributed by atoms with van der Waals surface area (Å²) in [5, 5.41) is 16.9. The van der Waals surface area contributed by atoms with Gasteiger partial charge >= 0.3 is 12.4 Å². The van der Waals surface area contributed by atoms with E-state index in [-0.39, 0.29) is 25.8 Å². The second kappa shape index (κ2) is 7.66. The second-order valence-electron chi connectivity index (χ2n) is 7.13. The first kappa shape index (κ1) is 22.8. The molecular formula is C17H17F6N5O3. The van der Waals surface area contributed by atoms with E-state index in [9.17, 15) is 36.2 Å². The molecule has 0 fully saturated rings. The Kier molecular flexibility index (Phi) is 5.63. The lowest BCUT2D eigenvalue weighted by Gasteiger charge is -2.27.